The van der Waals surface area contributed by atoms with Crippen LogP contribution in [0.15, 0.2) is 30.3 Å². The average molecular weight is 289 g/mol. The van der Waals surface area contributed by atoms with Crippen molar-refractivity contribution in [2.75, 3.05) is 0 Å². The van der Waals surface area contributed by atoms with Crippen molar-refractivity contribution in [2.45, 2.75) is 0 Å². The molecule has 0 fully saturated rings. The molecule has 0 aliphatic rings. The van der Waals surface area contributed by atoms with Crippen molar-refractivity contribution in [2.24, 2.45) is 0 Å². The monoisotopic (exact) mass is 289 g/mol. The second kappa shape index (κ2) is 4.98. The predicted molar refractivity (Wildman–Crippen MR) is 58.1 cm³/mol. The van der Waals surface area contributed by atoms with E-state index in [0.29, 0.717) is 0 Å². The number of rotatable bonds is 2. The lowest BCUT2D eigenvalue weighted by molar-refractivity contribution is -0.124. The minimum Gasteiger partial charge on any atom is -0.288 e. The van der Waals surface area contributed by atoms with E-state index in [1.165, 1.54) is 11.6 Å². The first-order valence-corrected chi connectivity index (χ1v) is 4.68. The van der Waals surface area contributed by atoms with E-state index in [2.05, 4.69) is 22.6 Å². The first-order valence-electron chi connectivity index (χ1n) is 3.60. The molecule has 0 aliphatic carbocycles. The van der Waals surface area contributed by atoms with Gasteiger partial charge in [0, 0.05) is 9.65 Å². The number of carbonyl (C=O) groups is 1. The molecule has 1 aromatic rings. The van der Waals surface area contributed by atoms with Crippen LogP contribution in [0.3, 0.4) is 0 Å². The van der Waals surface area contributed by atoms with Gasteiger partial charge in [0.15, 0.2) is 0 Å². The lowest BCUT2D eigenvalue weighted by atomic mass is 10.2. The first-order chi connectivity index (χ1) is 6.22. The lowest BCUT2D eigenvalue weighted by Gasteiger charge is -1.93. The number of carbonyl (C=O) groups excluding carboxylic acids is 1. The van der Waals surface area contributed by atoms with Gasteiger partial charge in [-0.1, -0.05) is 12.1 Å². The number of hydrogen-bond acceptors (Lipinski definition) is 2. The van der Waals surface area contributed by atoms with Gasteiger partial charge in [0.25, 0.3) is 5.91 Å². The summed E-state index contributed by atoms with van der Waals surface area (Å²) in [5, 5.41) is 8.20. The van der Waals surface area contributed by atoms with Crippen LogP contribution >= 0.6 is 22.6 Å². The van der Waals surface area contributed by atoms with E-state index in [4.69, 9.17) is 5.21 Å². The highest BCUT2D eigenvalue weighted by Gasteiger charge is 1.90. The second-order valence-corrected chi connectivity index (χ2v) is 3.61. The molecule has 0 aromatic heterocycles. The molecule has 1 amide bonds. The third-order valence-corrected chi connectivity index (χ3v) is 2.13. The van der Waals surface area contributed by atoms with E-state index >= 15 is 0 Å². The van der Waals surface area contributed by atoms with E-state index in [9.17, 15) is 4.79 Å². The van der Waals surface area contributed by atoms with E-state index in [0.717, 1.165) is 9.13 Å². The summed E-state index contributed by atoms with van der Waals surface area (Å²) >= 11 is 2.20. The highest BCUT2D eigenvalue weighted by Crippen LogP contribution is 2.07. The van der Waals surface area contributed by atoms with Gasteiger partial charge in [0.1, 0.15) is 0 Å². The smallest absolute Gasteiger partial charge is 0.267 e. The van der Waals surface area contributed by atoms with E-state index in [-0.39, 0.29) is 0 Å². The zero-order chi connectivity index (χ0) is 9.68. The van der Waals surface area contributed by atoms with Gasteiger partial charge in [0.05, 0.1) is 0 Å². The minimum atomic E-state index is -0.529. The van der Waals surface area contributed by atoms with Gasteiger partial charge in [-0.3, -0.25) is 10.0 Å². The van der Waals surface area contributed by atoms with Crippen LogP contribution < -0.4 is 5.48 Å². The van der Waals surface area contributed by atoms with Gasteiger partial charge in [0.2, 0.25) is 0 Å². The molecule has 1 rings (SSSR count). The van der Waals surface area contributed by atoms with Crippen molar-refractivity contribution in [3.8, 4) is 0 Å². The number of benzene rings is 1. The zero-order valence-corrected chi connectivity index (χ0v) is 8.86. The quantitative estimate of drug-likeness (QED) is 0.377. The Labute approximate surface area is 89.6 Å². The van der Waals surface area contributed by atoms with Crippen LogP contribution in [0.1, 0.15) is 5.56 Å². The Balaban J connectivity index is 2.69. The summed E-state index contributed by atoms with van der Waals surface area (Å²) in [6.45, 7) is 0. The molecular weight excluding hydrogens is 281 g/mol. The van der Waals surface area contributed by atoms with Crippen LogP contribution in [0.25, 0.3) is 6.08 Å². The SMILES string of the molecule is O=C(/C=C/c1ccc(I)cc1)NO. The summed E-state index contributed by atoms with van der Waals surface area (Å²) < 4.78 is 1.14. The van der Waals surface area contributed by atoms with Gasteiger partial charge in [-0.15, -0.1) is 0 Å². The van der Waals surface area contributed by atoms with E-state index in [1.54, 1.807) is 6.08 Å². The fraction of sp³-hybridized carbons (Fsp3) is 0. The molecule has 3 nitrogen and oxygen atoms in total. The van der Waals surface area contributed by atoms with Crippen LogP contribution in [0.5, 0.6) is 0 Å². The summed E-state index contributed by atoms with van der Waals surface area (Å²) in [7, 11) is 0. The standard InChI is InChI=1S/C9H8INO2/c10-8-4-1-7(2-5-8)3-6-9(12)11-13/h1-6,13H,(H,11,12)/b6-3+. The summed E-state index contributed by atoms with van der Waals surface area (Å²) in [4.78, 5) is 10.6. The molecule has 0 saturated heterocycles. The number of amides is 1. The van der Waals surface area contributed by atoms with Crippen molar-refractivity contribution in [1.29, 1.82) is 0 Å². The van der Waals surface area contributed by atoms with Gasteiger partial charge in [-0.25, -0.2) is 5.48 Å². The largest absolute Gasteiger partial charge is 0.288 e. The number of halogens is 1. The first kappa shape index (κ1) is 10.2. The molecule has 2 N–H and O–H groups in total. The van der Waals surface area contributed by atoms with Crippen LogP contribution in [-0.4, -0.2) is 11.1 Å². The van der Waals surface area contributed by atoms with Crippen molar-refractivity contribution >= 4 is 34.6 Å². The average Bonchev–Trinajstić information content (AvgIpc) is 2.16. The molecular formula is C9H8INO2. The molecule has 68 valence electrons. The van der Waals surface area contributed by atoms with Gasteiger partial charge in [-0.2, -0.15) is 0 Å². The van der Waals surface area contributed by atoms with Gasteiger partial charge in [-0.05, 0) is 46.4 Å². The molecule has 0 atom stereocenters. The predicted octanol–water partition coefficient (Wildman–Crippen LogP) is 1.81. The summed E-state index contributed by atoms with van der Waals surface area (Å²) in [6, 6.07) is 7.67. The lowest BCUT2D eigenvalue weighted by Crippen LogP contribution is -2.14. The Morgan fingerprint density at radius 3 is 2.54 bits per heavy atom. The fourth-order valence-electron chi connectivity index (χ4n) is 0.783. The summed E-state index contributed by atoms with van der Waals surface area (Å²) in [5.41, 5.74) is 2.44. The van der Waals surface area contributed by atoms with E-state index < -0.39 is 5.91 Å². The molecule has 0 radical (unpaired) electrons. The molecule has 4 heteroatoms. The Morgan fingerprint density at radius 1 is 1.38 bits per heavy atom. The maximum absolute atomic E-state index is 10.6. The molecule has 0 unspecified atom stereocenters. The van der Waals surface area contributed by atoms with Crippen molar-refractivity contribution in [3.05, 3.63) is 39.5 Å². The van der Waals surface area contributed by atoms with Crippen molar-refractivity contribution < 1.29 is 10.0 Å². The Hall–Kier alpha value is -0.880. The molecule has 1 aromatic carbocycles. The van der Waals surface area contributed by atoms with Crippen molar-refractivity contribution in [3.63, 3.8) is 0 Å². The summed E-state index contributed by atoms with van der Waals surface area (Å²) in [6.07, 6.45) is 2.89. The van der Waals surface area contributed by atoms with Crippen LogP contribution in [-0.2, 0) is 4.79 Å². The maximum atomic E-state index is 10.6. The third-order valence-electron chi connectivity index (χ3n) is 1.41. The molecule has 0 saturated carbocycles. The molecule has 0 aliphatic heterocycles. The Bertz CT molecular complexity index is 319. The third kappa shape index (κ3) is 3.56. The van der Waals surface area contributed by atoms with E-state index in [1.807, 2.05) is 24.3 Å². The highest BCUT2D eigenvalue weighted by molar-refractivity contribution is 14.1. The summed E-state index contributed by atoms with van der Waals surface area (Å²) in [5.74, 6) is -0.529. The number of hydroxylamine groups is 1. The van der Waals surface area contributed by atoms with Gasteiger partial charge < -0.3 is 0 Å². The topological polar surface area (TPSA) is 49.3 Å². The molecule has 0 bridgehead atoms. The highest BCUT2D eigenvalue weighted by atomic mass is 127. The van der Waals surface area contributed by atoms with Crippen LogP contribution in [0.4, 0.5) is 0 Å². The number of nitrogens with one attached hydrogen (secondary N) is 1. The fourth-order valence-corrected chi connectivity index (χ4v) is 1.14. The molecule has 0 spiro atoms. The maximum Gasteiger partial charge on any atom is 0.267 e. The van der Waals surface area contributed by atoms with Gasteiger partial charge >= 0.3 is 0 Å². The zero-order valence-electron chi connectivity index (χ0n) is 6.70. The van der Waals surface area contributed by atoms with Crippen molar-refractivity contribution in [1.82, 2.24) is 5.48 Å². The van der Waals surface area contributed by atoms with Crippen LogP contribution in [0.2, 0.25) is 0 Å². The Morgan fingerprint density at radius 2 is 2.00 bits per heavy atom. The second-order valence-electron chi connectivity index (χ2n) is 2.36. The van der Waals surface area contributed by atoms with Crippen LogP contribution in [0, 0.1) is 3.57 Å². The Kier molecular flexibility index (Phi) is 3.91. The minimum absolute atomic E-state index is 0.529. The molecule has 0 heterocycles. The number of hydrogen-bond donors (Lipinski definition) is 2. The molecule has 13 heavy (non-hydrogen) atoms. The normalized spacial score (nSPS) is 10.3.